The van der Waals surface area contributed by atoms with Crippen molar-refractivity contribution in [2.24, 2.45) is 11.3 Å². The molecule has 0 bridgehead atoms. The fourth-order valence-corrected chi connectivity index (χ4v) is 2.32. The van der Waals surface area contributed by atoms with Gasteiger partial charge in [-0.05, 0) is 25.3 Å². The van der Waals surface area contributed by atoms with E-state index in [-0.39, 0.29) is 23.2 Å². The maximum atomic E-state index is 12.4. The summed E-state index contributed by atoms with van der Waals surface area (Å²) in [7, 11) is 1.34. The zero-order valence-electron chi connectivity index (χ0n) is 11.7. The molecule has 0 aliphatic carbocycles. The summed E-state index contributed by atoms with van der Waals surface area (Å²) in [5, 5.41) is 6.06. The Morgan fingerprint density at radius 1 is 1.44 bits per heavy atom. The summed E-state index contributed by atoms with van der Waals surface area (Å²) in [6.07, 6.45) is 1.60. The third-order valence-electron chi connectivity index (χ3n) is 3.81. The van der Waals surface area contributed by atoms with Gasteiger partial charge in [0.2, 0.25) is 5.91 Å². The second-order valence-electron chi connectivity index (χ2n) is 5.28. The van der Waals surface area contributed by atoms with Crippen molar-refractivity contribution in [1.82, 2.24) is 10.6 Å². The fourth-order valence-electron chi connectivity index (χ4n) is 2.32. The van der Waals surface area contributed by atoms with Crippen LogP contribution < -0.4 is 10.6 Å². The highest BCUT2D eigenvalue weighted by atomic mass is 16.5. The number of methoxy groups -OCH3 is 1. The molecule has 0 saturated carbocycles. The summed E-state index contributed by atoms with van der Waals surface area (Å²) in [5.41, 5.74) is -0.374. The third-order valence-corrected chi connectivity index (χ3v) is 3.81. The molecule has 0 aromatic rings. The van der Waals surface area contributed by atoms with E-state index in [2.05, 4.69) is 10.6 Å². The molecule has 0 radical (unpaired) electrons. The second kappa shape index (κ2) is 6.18. The Morgan fingerprint density at radius 2 is 2.11 bits per heavy atom. The van der Waals surface area contributed by atoms with E-state index in [1.807, 2.05) is 20.8 Å². The largest absolute Gasteiger partial charge is 0.467 e. The summed E-state index contributed by atoms with van der Waals surface area (Å²) >= 11 is 0. The van der Waals surface area contributed by atoms with E-state index in [4.69, 9.17) is 4.74 Å². The molecule has 2 atom stereocenters. The molecule has 1 fully saturated rings. The van der Waals surface area contributed by atoms with Crippen molar-refractivity contribution in [2.75, 3.05) is 20.2 Å². The van der Waals surface area contributed by atoms with Crippen molar-refractivity contribution < 1.29 is 14.3 Å². The summed E-state index contributed by atoms with van der Waals surface area (Å²) in [6.45, 7) is 7.34. The predicted octanol–water partition coefficient (Wildman–Crippen LogP) is 0.690. The van der Waals surface area contributed by atoms with Gasteiger partial charge >= 0.3 is 5.97 Å². The van der Waals surface area contributed by atoms with Crippen molar-refractivity contribution in [3.8, 4) is 0 Å². The van der Waals surface area contributed by atoms with Gasteiger partial charge in [0, 0.05) is 6.54 Å². The number of esters is 1. The number of rotatable bonds is 5. The Balaban J connectivity index is 2.74. The van der Waals surface area contributed by atoms with Crippen LogP contribution >= 0.6 is 0 Å². The number of hydrogen-bond donors (Lipinski definition) is 2. The molecule has 1 unspecified atom stereocenters. The smallest absolute Gasteiger partial charge is 0.328 e. The Morgan fingerprint density at radius 3 is 2.50 bits per heavy atom. The van der Waals surface area contributed by atoms with Crippen LogP contribution in [0.25, 0.3) is 0 Å². The van der Waals surface area contributed by atoms with Gasteiger partial charge in [0.1, 0.15) is 6.04 Å². The van der Waals surface area contributed by atoms with Crippen LogP contribution in [-0.2, 0) is 14.3 Å². The highest BCUT2D eigenvalue weighted by Gasteiger charge is 2.41. The van der Waals surface area contributed by atoms with Crippen LogP contribution in [0.1, 0.15) is 33.6 Å². The predicted molar refractivity (Wildman–Crippen MR) is 69.0 cm³/mol. The Hall–Kier alpha value is -1.10. The zero-order valence-corrected chi connectivity index (χ0v) is 11.7. The summed E-state index contributed by atoms with van der Waals surface area (Å²) in [6, 6.07) is -0.563. The van der Waals surface area contributed by atoms with Crippen LogP contribution in [0, 0.1) is 11.3 Å². The van der Waals surface area contributed by atoms with Crippen LogP contribution in [-0.4, -0.2) is 38.1 Å². The van der Waals surface area contributed by atoms with Crippen molar-refractivity contribution in [3.63, 3.8) is 0 Å². The maximum absolute atomic E-state index is 12.4. The molecule has 1 aliphatic heterocycles. The van der Waals surface area contributed by atoms with Crippen molar-refractivity contribution in [3.05, 3.63) is 0 Å². The summed E-state index contributed by atoms with van der Waals surface area (Å²) in [4.78, 5) is 24.0. The molecular weight excluding hydrogens is 232 g/mol. The first kappa shape index (κ1) is 15.0. The van der Waals surface area contributed by atoms with Gasteiger partial charge in [-0.1, -0.05) is 20.8 Å². The standard InChI is InChI=1S/C13H24N2O3/c1-5-13(6-7-14-8-13)12(17)15-10(9(2)3)11(16)18-4/h9-10,14H,5-8H2,1-4H3,(H,15,17)/t10-,13?/m0/s1. The molecule has 0 aromatic heterocycles. The number of carbonyl (C=O) groups excluding carboxylic acids is 2. The first-order valence-corrected chi connectivity index (χ1v) is 6.56. The minimum atomic E-state index is -0.563. The lowest BCUT2D eigenvalue weighted by Crippen LogP contribution is -2.51. The van der Waals surface area contributed by atoms with Crippen LogP contribution in [0.3, 0.4) is 0 Å². The molecule has 18 heavy (non-hydrogen) atoms. The van der Waals surface area contributed by atoms with Gasteiger partial charge in [-0.15, -0.1) is 0 Å². The highest BCUT2D eigenvalue weighted by molar-refractivity contribution is 5.88. The lowest BCUT2D eigenvalue weighted by molar-refractivity contribution is -0.147. The zero-order chi connectivity index (χ0) is 13.8. The van der Waals surface area contributed by atoms with Crippen molar-refractivity contribution in [1.29, 1.82) is 0 Å². The van der Waals surface area contributed by atoms with Crippen LogP contribution in [0.15, 0.2) is 0 Å². The lowest BCUT2D eigenvalue weighted by Gasteiger charge is -2.29. The average Bonchev–Trinajstić information content (AvgIpc) is 2.84. The molecule has 1 heterocycles. The van der Waals surface area contributed by atoms with Gasteiger partial charge in [0.15, 0.2) is 0 Å². The number of amides is 1. The lowest BCUT2D eigenvalue weighted by atomic mass is 9.83. The maximum Gasteiger partial charge on any atom is 0.328 e. The molecular formula is C13H24N2O3. The molecule has 1 saturated heterocycles. The van der Waals surface area contributed by atoms with Gasteiger partial charge in [0.05, 0.1) is 12.5 Å². The molecule has 1 aliphatic rings. The monoisotopic (exact) mass is 256 g/mol. The van der Waals surface area contributed by atoms with Gasteiger partial charge in [0.25, 0.3) is 0 Å². The topological polar surface area (TPSA) is 67.4 Å². The molecule has 5 heteroatoms. The van der Waals surface area contributed by atoms with E-state index in [1.54, 1.807) is 0 Å². The molecule has 1 amide bonds. The normalized spacial score (nSPS) is 24.9. The Labute approximate surface area is 109 Å². The molecule has 0 aromatic carbocycles. The fraction of sp³-hybridized carbons (Fsp3) is 0.846. The first-order chi connectivity index (χ1) is 8.46. The van der Waals surface area contributed by atoms with Gasteiger partial charge < -0.3 is 15.4 Å². The van der Waals surface area contributed by atoms with Gasteiger partial charge in [-0.3, -0.25) is 4.79 Å². The average molecular weight is 256 g/mol. The van der Waals surface area contributed by atoms with E-state index >= 15 is 0 Å². The summed E-state index contributed by atoms with van der Waals surface area (Å²) in [5.74, 6) is -0.403. The molecule has 5 nitrogen and oxygen atoms in total. The van der Waals surface area contributed by atoms with E-state index in [0.717, 1.165) is 19.4 Å². The van der Waals surface area contributed by atoms with E-state index in [1.165, 1.54) is 7.11 Å². The first-order valence-electron chi connectivity index (χ1n) is 6.56. The quantitative estimate of drug-likeness (QED) is 0.710. The molecule has 1 rings (SSSR count). The Kier molecular flexibility index (Phi) is 5.14. The van der Waals surface area contributed by atoms with Crippen molar-refractivity contribution in [2.45, 2.75) is 39.7 Å². The summed E-state index contributed by atoms with van der Waals surface area (Å²) < 4.78 is 4.73. The number of hydrogen-bond acceptors (Lipinski definition) is 4. The van der Waals surface area contributed by atoms with E-state index in [9.17, 15) is 9.59 Å². The number of nitrogens with one attached hydrogen (secondary N) is 2. The number of ether oxygens (including phenoxy) is 1. The van der Waals surface area contributed by atoms with Crippen LogP contribution in [0.5, 0.6) is 0 Å². The van der Waals surface area contributed by atoms with E-state index < -0.39 is 6.04 Å². The third kappa shape index (κ3) is 3.02. The highest BCUT2D eigenvalue weighted by Crippen LogP contribution is 2.29. The molecule has 104 valence electrons. The number of carbonyl (C=O) groups is 2. The minimum absolute atomic E-state index is 0.0182. The molecule has 2 N–H and O–H groups in total. The Bertz CT molecular complexity index is 309. The van der Waals surface area contributed by atoms with Gasteiger partial charge in [-0.2, -0.15) is 0 Å². The van der Waals surface area contributed by atoms with E-state index in [0.29, 0.717) is 6.54 Å². The second-order valence-corrected chi connectivity index (χ2v) is 5.28. The van der Waals surface area contributed by atoms with Crippen LogP contribution in [0.2, 0.25) is 0 Å². The van der Waals surface area contributed by atoms with Crippen LogP contribution in [0.4, 0.5) is 0 Å². The van der Waals surface area contributed by atoms with Gasteiger partial charge in [-0.25, -0.2) is 4.79 Å². The minimum Gasteiger partial charge on any atom is -0.467 e. The molecule has 0 spiro atoms. The van der Waals surface area contributed by atoms with Crippen molar-refractivity contribution >= 4 is 11.9 Å². The SMILES string of the molecule is CCC1(C(=O)N[C@H](C(=O)OC)C(C)C)CCNC1.